The first kappa shape index (κ1) is 17.3. The average Bonchev–Trinajstić information content (AvgIpc) is 3.03. The Hall–Kier alpha value is -4.13. The van der Waals surface area contributed by atoms with Crippen LogP contribution < -0.4 is 16.4 Å². The number of amides is 1. The molecule has 7 heteroatoms. The van der Waals surface area contributed by atoms with E-state index in [2.05, 4.69) is 10.6 Å². The molecule has 0 unspecified atom stereocenters. The molecule has 4 N–H and O–H groups in total. The summed E-state index contributed by atoms with van der Waals surface area (Å²) in [5.74, 6) is -0.322. The number of nitro benzene ring substituents is 1. The number of carbonyl (C=O) groups excluding carboxylic acids is 1. The van der Waals surface area contributed by atoms with Gasteiger partial charge in [-0.15, -0.1) is 0 Å². The molecule has 0 spiro atoms. The Balaban J connectivity index is 1.92. The first-order valence-electron chi connectivity index (χ1n) is 8.55. The van der Waals surface area contributed by atoms with E-state index in [1.54, 1.807) is 30.3 Å². The number of hydrogen-bond donors (Lipinski definition) is 3. The highest BCUT2D eigenvalue weighted by atomic mass is 16.6. The first-order chi connectivity index (χ1) is 13.5. The third-order valence-corrected chi connectivity index (χ3v) is 4.45. The molecule has 0 aliphatic carbocycles. The molecular formula is C21H16N4O3. The Labute approximate surface area is 160 Å². The van der Waals surface area contributed by atoms with Gasteiger partial charge in [-0.2, -0.15) is 0 Å². The number of anilines is 3. The highest BCUT2D eigenvalue weighted by Gasteiger charge is 2.30. The van der Waals surface area contributed by atoms with Crippen LogP contribution in [0, 0.1) is 10.1 Å². The van der Waals surface area contributed by atoms with Gasteiger partial charge in [0.15, 0.2) is 0 Å². The molecule has 3 aromatic carbocycles. The van der Waals surface area contributed by atoms with Gasteiger partial charge in [-0.25, -0.2) is 0 Å². The normalized spacial score (nSPS) is 14.2. The maximum absolute atomic E-state index is 12.8. The minimum atomic E-state index is -0.476. The summed E-state index contributed by atoms with van der Waals surface area (Å²) in [6.45, 7) is 0. The van der Waals surface area contributed by atoms with Crippen molar-refractivity contribution in [2.24, 2.45) is 0 Å². The van der Waals surface area contributed by atoms with Crippen molar-refractivity contribution < 1.29 is 9.72 Å². The van der Waals surface area contributed by atoms with Crippen LogP contribution in [0.3, 0.4) is 0 Å². The molecule has 1 aliphatic rings. The number of non-ortho nitro benzene ring substituents is 1. The number of nitrogens with one attached hydrogen (secondary N) is 2. The van der Waals surface area contributed by atoms with Crippen LogP contribution in [0.4, 0.5) is 22.7 Å². The van der Waals surface area contributed by atoms with E-state index in [9.17, 15) is 14.9 Å². The third-order valence-electron chi connectivity index (χ3n) is 4.45. The zero-order chi connectivity index (χ0) is 19.7. The van der Waals surface area contributed by atoms with Crippen LogP contribution in [-0.2, 0) is 4.79 Å². The molecule has 4 rings (SSSR count). The van der Waals surface area contributed by atoms with E-state index in [1.165, 1.54) is 12.1 Å². The van der Waals surface area contributed by atoms with Crippen LogP contribution in [0.2, 0.25) is 0 Å². The molecule has 0 saturated carbocycles. The SMILES string of the molecule is Nc1ccc(N/C(=C2\C(=O)Nc3ccc([N+](=O)[O-])cc32)c2ccccc2)cc1. The molecule has 1 aliphatic heterocycles. The lowest BCUT2D eigenvalue weighted by molar-refractivity contribution is -0.384. The van der Waals surface area contributed by atoms with Crippen molar-refractivity contribution in [2.75, 3.05) is 16.4 Å². The van der Waals surface area contributed by atoms with Crippen molar-refractivity contribution in [3.8, 4) is 0 Å². The number of fused-ring (bicyclic) bond motifs is 1. The zero-order valence-corrected chi connectivity index (χ0v) is 14.7. The molecule has 28 heavy (non-hydrogen) atoms. The maximum Gasteiger partial charge on any atom is 0.270 e. The highest BCUT2D eigenvalue weighted by Crippen LogP contribution is 2.39. The summed E-state index contributed by atoms with van der Waals surface area (Å²) in [4.78, 5) is 23.5. The molecule has 138 valence electrons. The van der Waals surface area contributed by atoms with E-state index in [1.807, 2.05) is 30.3 Å². The summed E-state index contributed by atoms with van der Waals surface area (Å²) in [6.07, 6.45) is 0. The van der Waals surface area contributed by atoms with Crippen molar-refractivity contribution in [1.82, 2.24) is 0 Å². The van der Waals surface area contributed by atoms with Gasteiger partial charge >= 0.3 is 0 Å². The van der Waals surface area contributed by atoms with Gasteiger partial charge in [-0.05, 0) is 35.9 Å². The molecule has 1 amide bonds. The molecule has 0 fully saturated rings. The number of carbonyl (C=O) groups is 1. The number of benzene rings is 3. The van der Waals surface area contributed by atoms with Crippen LogP contribution in [0.15, 0.2) is 72.8 Å². The van der Waals surface area contributed by atoms with E-state index in [0.29, 0.717) is 28.2 Å². The fraction of sp³-hybridized carbons (Fsp3) is 0. The van der Waals surface area contributed by atoms with Crippen LogP contribution in [-0.4, -0.2) is 10.8 Å². The van der Waals surface area contributed by atoms with Gasteiger partial charge in [0.2, 0.25) is 0 Å². The average molecular weight is 372 g/mol. The highest BCUT2D eigenvalue weighted by molar-refractivity contribution is 6.37. The fourth-order valence-electron chi connectivity index (χ4n) is 3.11. The lowest BCUT2D eigenvalue weighted by Gasteiger charge is -2.15. The smallest absolute Gasteiger partial charge is 0.270 e. The predicted molar refractivity (Wildman–Crippen MR) is 109 cm³/mol. The number of rotatable bonds is 4. The van der Waals surface area contributed by atoms with Gasteiger partial charge in [0.05, 0.1) is 16.2 Å². The summed E-state index contributed by atoms with van der Waals surface area (Å²) in [5.41, 5.74) is 9.76. The number of nitro groups is 1. The topological polar surface area (TPSA) is 110 Å². The second-order valence-electron chi connectivity index (χ2n) is 6.30. The summed E-state index contributed by atoms with van der Waals surface area (Å²) in [7, 11) is 0. The Morgan fingerprint density at radius 2 is 1.71 bits per heavy atom. The summed E-state index contributed by atoms with van der Waals surface area (Å²) in [5, 5.41) is 17.3. The second kappa shape index (κ2) is 6.88. The number of nitrogen functional groups attached to an aromatic ring is 1. The number of nitrogens with two attached hydrogens (primary N) is 1. The van der Waals surface area contributed by atoms with E-state index >= 15 is 0 Å². The van der Waals surface area contributed by atoms with Crippen molar-refractivity contribution in [1.29, 1.82) is 0 Å². The van der Waals surface area contributed by atoms with E-state index in [4.69, 9.17) is 5.73 Å². The lowest BCUT2D eigenvalue weighted by atomic mass is 9.99. The lowest BCUT2D eigenvalue weighted by Crippen LogP contribution is -2.10. The van der Waals surface area contributed by atoms with Gasteiger partial charge in [0.1, 0.15) is 0 Å². The standard InChI is InChI=1S/C21H16N4O3/c22-14-6-8-15(9-7-14)23-20(13-4-2-1-3-5-13)19-17-12-16(25(27)28)10-11-18(17)24-21(19)26/h1-12,23H,22H2,(H,24,26)/b20-19-. The van der Waals surface area contributed by atoms with Crippen molar-refractivity contribution in [2.45, 2.75) is 0 Å². The quantitative estimate of drug-likeness (QED) is 0.276. The van der Waals surface area contributed by atoms with Crippen LogP contribution in [0.25, 0.3) is 11.3 Å². The Morgan fingerprint density at radius 3 is 2.39 bits per heavy atom. The van der Waals surface area contributed by atoms with Crippen molar-refractivity contribution >= 4 is 39.9 Å². The Bertz CT molecular complexity index is 1110. The summed E-state index contributed by atoms with van der Waals surface area (Å²) < 4.78 is 0. The first-order valence-corrected chi connectivity index (χ1v) is 8.55. The van der Waals surface area contributed by atoms with Crippen molar-refractivity contribution in [3.05, 3.63) is 94.0 Å². The molecule has 0 saturated heterocycles. The van der Waals surface area contributed by atoms with Gasteiger partial charge in [-0.1, -0.05) is 30.3 Å². The Morgan fingerprint density at radius 1 is 1.00 bits per heavy atom. The molecule has 0 atom stereocenters. The molecule has 0 bridgehead atoms. The van der Waals surface area contributed by atoms with Gasteiger partial charge in [0, 0.05) is 34.8 Å². The molecule has 7 nitrogen and oxygen atoms in total. The predicted octanol–water partition coefficient (Wildman–Crippen LogP) is 4.11. The minimum Gasteiger partial charge on any atom is -0.399 e. The molecule has 0 radical (unpaired) electrons. The number of hydrogen-bond acceptors (Lipinski definition) is 5. The zero-order valence-electron chi connectivity index (χ0n) is 14.7. The summed E-state index contributed by atoms with van der Waals surface area (Å²) in [6, 6.07) is 20.8. The third kappa shape index (κ3) is 3.16. The van der Waals surface area contributed by atoms with E-state index < -0.39 is 4.92 Å². The monoisotopic (exact) mass is 372 g/mol. The van der Waals surface area contributed by atoms with E-state index in [0.717, 1.165) is 11.3 Å². The van der Waals surface area contributed by atoms with Crippen LogP contribution >= 0.6 is 0 Å². The number of nitrogens with zero attached hydrogens (tertiary/aromatic N) is 1. The second-order valence-corrected chi connectivity index (χ2v) is 6.30. The van der Waals surface area contributed by atoms with Gasteiger partial charge in [0.25, 0.3) is 11.6 Å². The largest absolute Gasteiger partial charge is 0.399 e. The maximum atomic E-state index is 12.8. The molecule has 3 aromatic rings. The molecule has 1 heterocycles. The molecule has 0 aromatic heterocycles. The van der Waals surface area contributed by atoms with Gasteiger partial charge in [-0.3, -0.25) is 14.9 Å². The van der Waals surface area contributed by atoms with Gasteiger partial charge < -0.3 is 16.4 Å². The Kier molecular flexibility index (Phi) is 4.25. The minimum absolute atomic E-state index is 0.0763. The molecular weight excluding hydrogens is 356 g/mol. The summed E-state index contributed by atoms with van der Waals surface area (Å²) >= 11 is 0. The van der Waals surface area contributed by atoms with Crippen molar-refractivity contribution in [3.63, 3.8) is 0 Å². The fourth-order valence-corrected chi connectivity index (χ4v) is 3.11. The van der Waals surface area contributed by atoms with E-state index in [-0.39, 0.29) is 11.6 Å². The van der Waals surface area contributed by atoms with Crippen LogP contribution in [0.5, 0.6) is 0 Å². The van der Waals surface area contributed by atoms with Crippen LogP contribution in [0.1, 0.15) is 11.1 Å².